The lowest BCUT2D eigenvalue weighted by atomic mass is 10.1. The zero-order valence-corrected chi connectivity index (χ0v) is 11.5. The van der Waals surface area contributed by atoms with Crippen molar-refractivity contribution in [1.29, 1.82) is 0 Å². The van der Waals surface area contributed by atoms with Crippen LogP contribution in [-0.4, -0.2) is 23.6 Å². The molecule has 0 atom stereocenters. The van der Waals surface area contributed by atoms with Gasteiger partial charge in [-0.3, -0.25) is 0 Å². The first kappa shape index (κ1) is 12.5. The van der Waals surface area contributed by atoms with E-state index in [0.717, 1.165) is 29.3 Å². The molecule has 2 aromatic heterocycles. The third-order valence-electron chi connectivity index (χ3n) is 3.34. The van der Waals surface area contributed by atoms with Gasteiger partial charge >= 0.3 is 0 Å². The second-order valence-electron chi connectivity index (χ2n) is 4.56. The number of imidazole rings is 1. The molecule has 3 rings (SSSR count). The molecular formula is C16H16N2O2. The first-order valence-electron chi connectivity index (χ1n) is 6.43. The lowest BCUT2D eigenvalue weighted by Crippen LogP contribution is -1.96. The summed E-state index contributed by atoms with van der Waals surface area (Å²) >= 11 is 0. The highest BCUT2D eigenvalue weighted by Crippen LogP contribution is 2.18. The molecule has 2 heterocycles. The third kappa shape index (κ3) is 2.32. The van der Waals surface area contributed by atoms with Gasteiger partial charge in [0.05, 0.1) is 25.9 Å². The monoisotopic (exact) mass is 268 g/mol. The zero-order chi connectivity index (χ0) is 13.9. The predicted molar refractivity (Wildman–Crippen MR) is 77.5 cm³/mol. The second-order valence-corrected chi connectivity index (χ2v) is 4.56. The van der Waals surface area contributed by atoms with Crippen molar-refractivity contribution in [3.05, 3.63) is 60.2 Å². The number of aromatic nitrogens is 2. The topological polar surface area (TPSA) is 35.8 Å². The van der Waals surface area contributed by atoms with E-state index in [1.54, 1.807) is 14.2 Å². The van der Waals surface area contributed by atoms with Crippen molar-refractivity contribution in [2.24, 2.45) is 0 Å². The molecule has 1 aromatic carbocycles. The lowest BCUT2D eigenvalue weighted by Gasteiger charge is -2.05. The molecule has 0 saturated carbocycles. The van der Waals surface area contributed by atoms with Crippen LogP contribution in [0.3, 0.4) is 0 Å². The van der Waals surface area contributed by atoms with Crippen molar-refractivity contribution >= 4 is 5.52 Å². The van der Waals surface area contributed by atoms with Crippen LogP contribution in [0.2, 0.25) is 0 Å². The average Bonchev–Trinajstić information content (AvgIpc) is 2.90. The molecule has 0 bridgehead atoms. The van der Waals surface area contributed by atoms with Gasteiger partial charge in [-0.2, -0.15) is 0 Å². The lowest BCUT2D eigenvalue weighted by molar-refractivity contribution is 0.414. The Morgan fingerprint density at radius 3 is 2.45 bits per heavy atom. The fourth-order valence-electron chi connectivity index (χ4n) is 2.22. The maximum atomic E-state index is 5.22. The van der Waals surface area contributed by atoms with Crippen molar-refractivity contribution < 1.29 is 9.47 Å². The summed E-state index contributed by atoms with van der Waals surface area (Å²) in [6.07, 6.45) is 4.63. The molecule has 20 heavy (non-hydrogen) atoms. The number of ether oxygens (including phenoxy) is 2. The standard InChI is InChI=1S/C16H16N2O2/c1-19-14-5-3-12(4-6-14)9-16-17-11-13-10-15(20-2)7-8-18(13)16/h3-8,10-11H,9H2,1-2H3. The molecule has 0 N–H and O–H groups in total. The summed E-state index contributed by atoms with van der Waals surface area (Å²) in [5.41, 5.74) is 2.24. The van der Waals surface area contributed by atoms with Crippen LogP contribution in [0.25, 0.3) is 5.52 Å². The number of methoxy groups -OCH3 is 2. The molecule has 0 aliphatic carbocycles. The van der Waals surface area contributed by atoms with Gasteiger partial charge in [-0.1, -0.05) is 12.1 Å². The number of nitrogens with zero attached hydrogens (tertiary/aromatic N) is 2. The molecule has 0 spiro atoms. The van der Waals surface area contributed by atoms with E-state index in [4.69, 9.17) is 9.47 Å². The van der Waals surface area contributed by atoms with Crippen molar-refractivity contribution in [3.63, 3.8) is 0 Å². The Bertz CT molecular complexity index is 717. The first-order chi connectivity index (χ1) is 9.80. The molecule has 0 amide bonds. The molecule has 102 valence electrons. The van der Waals surface area contributed by atoms with Gasteiger partial charge < -0.3 is 13.9 Å². The normalized spacial score (nSPS) is 10.7. The van der Waals surface area contributed by atoms with Crippen LogP contribution in [0.1, 0.15) is 11.4 Å². The highest BCUT2D eigenvalue weighted by atomic mass is 16.5. The van der Waals surface area contributed by atoms with Crippen LogP contribution >= 0.6 is 0 Å². The zero-order valence-electron chi connectivity index (χ0n) is 11.5. The van der Waals surface area contributed by atoms with Crippen LogP contribution in [0.15, 0.2) is 48.8 Å². The van der Waals surface area contributed by atoms with Crippen LogP contribution in [0.4, 0.5) is 0 Å². The van der Waals surface area contributed by atoms with Gasteiger partial charge in [0.1, 0.15) is 17.3 Å². The van der Waals surface area contributed by atoms with Crippen molar-refractivity contribution in [1.82, 2.24) is 9.38 Å². The van der Waals surface area contributed by atoms with Gasteiger partial charge in [0.2, 0.25) is 0 Å². The van der Waals surface area contributed by atoms with Crippen molar-refractivity contribution in [2.45, 2.75) is 6.42 Å². The molecule has 4 nitrogen and oxygen atoms in total. The maximum Gasteiger partial charge on any atom is 0.122 e. The van der Waals surface area contributed by atoms with E-state index in [1.807, 2.05) is 36.7 Å². The maximum absolute atomic E-state index is 5.22. The highest BCUT2D eigenvalue weighted by Gasteiger charge is 2.06. The minimum absolute atomic E-state index is 0.782. The molecule has 0 aliphatic rings. The minimum atomic E-state index is 0.782. The smallest absolute Gasteiger partial charge is 0.122 e. The van der Waals surface area contributed by atoms with Gasteiger partial charge in [0, 0.05) is 18.7 Å². The Morgan fingerprint density at radius 1 is 1.00 bits per heavy atom. The number of hydrogen-bond acceptors (Lipinski definition) is 3. The van der Waals surface area contributed by atoms with Crippen LogP contribution in [-0.2, 0) is 6.42 Å². The molecular weight excluding hydrogens is 252 g/mol. The summed E-state index contributed by atoms with van der Waals surface area (Å²) in [6, 6.07) is 12.0. The van der Waals surface area contributed by atoms with E-state index in [-0.39, 0.29) is 0 Å². The van der Waals surface area contributed by atoms with E-state index < -0.39 is 0 Å². The summed E-state index contributed by atoms with van der Waals surface area (Å²) in [5.74, 6) is 2.72. The fourth-order valence-corrected chi connectivity index (χ4v) is 2.22. The number of pyridine rings is 1. The van der Waals surface area contributed by atoms with Gasteiger partial charge in [-0.05, 0) is 23.8 Å². The van der Waals surface area contributed by atoms with E-state index in [0.29, 0.717) is 0 Å². The Labute approximate surface area is 117 Å². The summed E-state index contributed by atoms with van der Waals surface area (Å²) in [5, 5.41) is 0. The number of rotatable bonds is 4. The van der Waals surface area contributed by atoms with E-state index in [9.17, 15) is 0 Å². The van der Waals surface area contributed by atoms with Gasteiger partial charge in [0.15, 0.2) is 0 Å². The van der Waals surface area contributed by atoms with Gasteiger partial charge in [-0.15, -0.1) is 0 Å². The molecule has 0 fully saturated rings. The number of benzene rings is 1. The van der Waals surface area contributed by atoms with Gasteiger partial charge in [0.25, 0.3) is 0 Å². The molecule has 0 aliphatic heterocycles. The van der Waals surface area contributed by atoms with Crippen molar-refractivity contribution in [3.8, 4) is 11.5 Å². The fraction of sp³-hybridized carbons (Fsp3) is 0.188. The molecule has 3 aromatic rings. The Balaban J connectivity index is 1.90. The molecule has 4 heteroatoms. The number of fused-ring (bicyclic) bond motifs is 1. The largest absolute Gasteiger partial charge is 0.497 e. The Kier molecular flexibility index (Phi) is 3.29. The van der Waals surface area contributed by atoms with Crippen LogP contribution < -0.4 is 9.47 Å². The van der Waals surface area contributed by atoms with Crippen molar-refractivity contribution in [2.75, 3.05) is 14.2 Å². The predicted octanol–water partition coefficient (Wildman–Crippen LogP) is 2.94. The second kappa shape index (κ2) is 5.25. The number of hydrogen-bond donors (Lipinski definition) is 0. The summed E-state index contributed by atoms with van der Waals surface area (Å²) in [4.78, 5) is 4.48. The SMILES string of the molecule is COc1ccc(Cc2ncc3cc(OC)ccn23)cc1. The quantitative estimate of drug-likeness (QED) is 0.730. The Morgan fingerprint density at radius 2 is 1.75 bits per heavy atom. The van der Waals surface area contributed by atoms with E-state index in [2.05, 4.69) is 21.5 Å². The van der Waals surface area contributed by atoms with Gasteiger partial charge in [-0.25, -0.2) is 4.98 Å². The van der Waals surface area contributed by atoms with Crippen LogP contribution in [0.5, 0.6) is 11.5 Å². The average molecular weight is 268 g/mol. The summed E-state index contributed by atoms with van der Waals surface area (Å²) < 4.78 is 12.5. The van der Waals surface area contributed by atoms with Crippen LogP contribution in [0, 0.1) is 0 Å². The molecule has 0 unspecified atom stereocenters. The summed E-state index contributed by atoms with van der Waals surface area (Å²) in [6.45, 7) is 0. The minimum Gasteiger partial charge on any atom is -0.497 e. The Hall–Kier alpha value is -2.49. The molecule has 0 saturated heterocycles. The molecule has 0 radical (unpaired) electrons. The third-order valence-corrected chi connectivity index (χ3v) is 3.34. The van der Waals surface area contributed by atoms with E-state index in [1.165, 1.54) is 5.56 Å². The highest BCUT2D eigenvalue weighted by molar-refractivity contribution is 5.51. The first-order valence-corrected chi connectivity index (χ1v) is 6.43. The van der Waals surface area contributed by atoms with E-state index >= 15 is 0 Å². The summed E-state index contributed by atoms with van der Waals surface area (Å²) in [7, 11) is 3.34.